The third kappa shape index (κ3) is 3.35. The Kier molecular flexibility index (Phi) is 4.83. The highest BCUT2D eigenvalue weighted by molar-refractivity contribution is 5.98. The molecule has 0 spiro atoms. The van der Waals surface area contributed by atoms with Gasteiger partial charge in [0, 0.05) is 6.04 Å². The van der Waals surface area contributed by atoms with Gasteiger partial charge in [0.1, 0.15) is 18.9 Å². The summed E-state index contributed by atoms with van der Waals surface area (Å²) in [5, 5.41) is 5.52. The van der Waals surface area contributed by atoms with Crippen LogP contribution in [0.15, 0.2) is 35.5 Å². The second-order valence-corrected chi connectivity index (χ2v) is 6.40. The van der Waals surface area contributed by atoms with Crippen LogP contribution in [-0.4, -0.2) is 49.1 Å². The molecule has 8 nitrogen and oxygen atoms in total. The summed E-state index contributed by atoms with van der Waals surface area (Å²) in [4.78, 5) is 38.2. The third-order valence-corrected chi connectivity index (χ3v) is 4.20. The monoisotopic (exact) mass is 359 g/mol. The Bertz CT molecular complexity index is 770. The van der Waals surface area contributed by atoms with E-state index in [0.29, 0.717) is 17.0 Å². The van der Waals surface area contributed by atoms with Crippen LogP contribution in [0.25, 0.3) is 0 Å². The van der Waals surface area contributed by atoms with Crippen LogP contribution >= 0.6 is 0 Å². The van der Waals surface area contributed by atoms with Crippen LogP contribution in [0.5, 0.6) is 5.75 Å². The van der Waals surface area contributed by atoms with E-state index >= 15 is 0 Å². The van der Waals surface area contributed by atoms with Gasteiger partial charge in [0.25, 0.3) is 0 Å². The molecular formula is C18H21N3O5. The molecule has 0 aromatic heterocycles. The Labute approximate surface area is 151 Å². The van der Waals surface area contributed by atoms with E-state index in [1.807, 2.05) is 13.8 Å². The molecule has 0 unspecified atom stereocenters. The molecule has 0 aliphatic carbocycles. The number of rotatable bonds is 5. The fourth-order valence-electron chi connectivity index (χ4n) is 3.04. The summed E-state index contributed by atoms with van der Waals surface area (Å²) >= 11 is 0. The smallest absolute Gasteiger partial charge is 0.338 e. The number of urea groups is 1. The minimum atomic E-state index is -0.622. The normalized spacial score (nSPS) is 19.2. The van der Waals surface area contributed by atoms with E-state index in [1.165, 1.54) is 4.90 Å². The maximum Gasteiger partial charge on any atom is 0.338 e. The maximum atomic E-state index is 12.6. The number of nitrogens with zero attached hydrogens (tertiary/aromatic N) is 1. The first-order valence-corrected chi connectivity index (χ1v) is 8.32. The summed E-state index contributed by atoms with van der Waals surface area (Å²) in [5.41, 5.74) is 1.52. The minimum Gasteiger partial charge on any atom is -0.497 e. The van der Waals surface area contributed by atoms with Crippen molar-refractivity contribution in [1.29, 1.82) is 0 Å². The third-order valence-electron chi connectivity index (χ3n) is 4.20. The molecule has 0 saturated carbocycles. The number of hydrogen-bond donors (Lipinski definition) is 2. The zero-order valence-electron chi connectivity index (χ0n) is 14.9. The average molecular weight is 359 g/mol. The van der Waals surface area contributed by atoms with Gasteiger partial charge in [0.05, 0.1) is 24.4 Å². The summed E-state index contributed by atoms with van der Waals surface area (Å²) in [7, 11) is 1.56. The summed E-state index contributed by atoms with van der Waals surface area (Å²) < 4.78 is 10.3. The lowest BCUT2D eigenvalue weighted by Crippen LogP contribution is -2.51. The molecule has 8 heteroatoms. The van der Waals surface area contributed by atoms with Gasteiger partial charge in [-0.05, 0) is 31.5 Å². The fourth-order valence-corrected chi connectivity index (χ4v) is 3.04. The summed E-state index contributed by atoms with van der Waals surface area (Å²) in [6.07, 6.45) is 0. The van der Waals surface area contributed by atoms with E-state index in [2.05, 4.69) is 10.6 Å². The lowest BCUT2D eigenvalue weighted by molar-refractivity contribution is -0.136. The highest BCUT2D eigenvalue weighted by atomic mass is 16.5. The number of carbonyl (C=O) groups excluding carboxylic acids is 3. The SMILES string of the molecule is COc1ccc([C@H]2NC(=O)N(CC(=O)NC(C)C)C3=C2C(=O)OC3)cc1. The van der Waals surface area contributed by atoms with Crippen LogP contribution in [0.2, 0.25) is 0 Å². The Morgan fingerprint density at radius 2 is 2.04 bits per heavy atom. The molecule has 138 valence electrons. The molecule has 2 heterocycles. The number of carbonyl (C=O) groups is 3. The zero-order valence-corrected chi connectivity index (χ0v) is 14.9. The number of ether oxygens (including phenoxy) is 2. The minimum absolute atomic E-state index is 0.0246. The van der Waals surface area contributed by atoms with Crippen molar-refractivity contribution in [2.24, 2.45) is 0 Å². The van der Waals surface area contributed by atoms with Gasteiger partial charge < -0.3 is 20.1 Å². The van der Waals surface area contributed by atoms with Crippen LogP contribution in [0, 0.1) is 0 Å². The Balaban J connectivity index is 1.91. The van der Waals surface area contributed by atoms with Gasteiger partial charge in [-0.3, -0.25) is 9.69 Å². The number of hydrogen-bond acceptors (Lipinski definition) is 5. The molecule has 26 heavy (non-hydrogen) atoms. The fraction of sp³-hybridized carbons (Fsp3) is 0.389. The van der Waals surface area contributed by atoms with Gasteiger partial charge in [0.15, 0.2) is 0 Å². The van der Waals surface area contributed by atoms with Crippen molar-refractivity contribution in [3.05, 3.63) is 41.1 Å². The van der Waals surface area contributed by atoms with Crippen molar-refractivity contribution in [3.63, 3.8) is 0 Å². The van der Waals surface area contributed by atoms with E-state index in [-0.39, 0.29) is 25.1 Å². The van der Waals surface area contributed by atoms with Crippen molar-refractivity contribution in [1.82, 2.24) is 15.5 Å². The van der Waals surface area contributed by atoms with Crippen molar-refractivity contribution < 1.29 is 23.9 Å². The number of amides is 3. The molecule has 2 aliphatic heterocycles. The van der Waals surface area contributed by atoms with Crippen LogP contribution < -0.4 is 15.4 Å². The molecule has 2 aliphatic rings. The molecule has 2 N–H and O–H groups in total. The summed E-state index contributed by atoms with van der Waals surface area (Å²) in [6, 6.07) is 5.96. The van der Waals surface area contributed by atoms with Crippen molar-refractivity contribution in [3.8, 4) is 5.75 Å². The van der Waals surface area contributed by atoms with Gasteiger partial charge in [-0.2, -0.15) is 0 Å². The first-order chi connectivity index (χ1) is 12.4. The highest BCUT2D eigenvalue weighted by Crippen LogP contribution is 2.35. The van der Waals surface area contributed by atoms with Crippen molar-refractivity contribution in [2.45, 2.75) is 25.9 Å². The van der Waals surface area contributed by atoms with E-state index in [1.54, 1.807) is 31.4 Å². The molecule has 3 amide bonds. The Morgan fingerprint density at radius 3 is 2.65 bits per heavy atom. The second-order valence-electron chi connectivity index (χ2n) is 6.40. The molecule has 0 saturated heterocycles. The lowest BCUT2D eigenvalue weighted by atomic mass is 9.95. The molecule has 1 aromatic carbocycles. The predicted molar refractivity (Wildman–Crippen MR) is 92.2 cm³/mol. The largest absolute Gasteiger partial charge is 0.497 e. The maximum absolute atomic E-state index is 12.6. The molecule has 0 bridgehead atoms. The van der Waals surface area contributed by atoms with Gasteiger partial charge in [-0.1, -0.05) is 12.1 Å². The number of benzene rings is 1. The molecular weight excluding hydrogens is 338 g/mol. The van der Waals surface area contributed by atoms with Gasteiger partial charge >= 0.3 is 12.0 Å². The van der Waals surface area contributed by atoms with Gasteiger partial charge in [0.2, 0.25) is 5.91 Å². The summed E-state index contributed by atoms with van der Waals surface area (Å²) in [5.74, 6) is -0.120. The first-order valence-electron chi connectivity index (χ1n) is 8.32. The number of esters is 1. The van der Waals surface area contributed by atoms with Crippen molar-refractivity contribution >= 4 is 17.9 Å². The number of nitrogens with one attached hydrogen (secondary N) is 2. The highest BCUT2D eigenvalue weighted by Gasteiger charge is 2.42. The van der Waals surface area contributed by atoms with E-state index in [0.717, 1.165) is 5.56 Å². The Morgan fingerprint density at radius 1 is 1.35 bits per heavy atom. The standard InChI is InChI=1S/C18H21N3O5/c1-10(2)19-14(22)8-21-13-9-26-17(23)15(13)16(20-18(21)24)11-4-6-12(25-3)7-5-11/h4-7,10,16H,8-9H2,1-3H3,(H,19,22)(H,20,24)/t16-/m1/s1. The molecule has 0 radical (unpaired) electrons. The van der Waals surface area contributed by atoms with Gasteiger partial charge in [-0.15, -0.1) is 0 Å². The quantitative estimate of drug-likeness (QED) is 0.768. The summed E-state index contributed by atoms with van der Waals surface area (Å²) in [6.45, 7) is 3.47. The topological polar surface area (TPSA) is 97.0 Å². The number of cyclic esters (lactones) is 1. The number of methoxy groups -OCH3 is 1. The van der Waals surface area contributed by atoms with Crippen LogP contribution in [0.1, 0.15) is 25.5 Å². The molecule has 3 rings (SSSR count). The van der Waals surface area contributed by atoms with Crippen molar-refractivity contribution in [2.75, 3.05) is 20.3 Å². The molecule has 0 fully saturated rings. The molecule has 1 aromatic rings. The van der Waals surface area contributed by atoms with E-state index < -0.39 is 18.0 Å². The molecule has 1 atom stereocenters. The predicted octanol–water partition coefficient (Wildman–Crippen LogP) is 1.10. The lowest BCUT2D eigenvalue weighted by Gasteiger charge is -2.32. The zero-order chi connectivity index (χ0) is 18.8. The van der Waals surface area contributed by atoms with Crippen LogP contribution in [-0.2, 0) is 14.3 Å². The van der Waals surface area contributed by atoms with Crippen LogP contribution in [0.3, 0.4) is 0 Å². The average Bonchev–Trinajstić information content (AvgIpc) is 2.98. The second kappa shape index (κ2) is 7.07. The van der Waals surface area contributed by atoms with Gasteiger partial charge in [-0.25, -0.2) is 9.59 Å². The van der Waals surface area contributed by atoms with E-state index in [4.69, 9.17) is 9.47 Å². The van der Waals surface area contributed by atoms with E-state index in [9.17, 15) is 14.4 Å². The Hall–Kier alpha value is -3.03. The van der Waals surface area contributed by atoms with Crippen LogP contribution in [0.4, 0.5) is 4.79 Å². The first kappa shape index (κ1) is 17.8.